The van der Waals surface area contributed by atoms with Crippen molar-refractivity contribution in [2.24, 2.45) is 0 Å². The quantitative estimate of drug-likeness (QED) is 0.325. The van der Waals surface area contributed by atoms with Crippen LogP contribution >= 0.6 is 0 Å². The molecule has 0 unspecified atom stereocenters. The van der Waals surface area contributed by atoms with Gasteiger partial charge in [-0.3, -0.25) is 4.79 Å². The zero-order valence-electron chi connectivity index (χ0n) is 16.5. The highest BCUT2D eigenvalue weighted by molar-refractivity contribution is 6.14. The van der Waals surface area contributed by atoms with Crippen LogP contribution < -0.4 is 14.2 Å². The Morgan fingerprint density at radius 3 is 2.32 bits per heavy atom. The number of carbonyl (C=O) groups is 2. The van der Waals surface area contributed by atoms with Crippen LogP contribution in [0.2, 0.25) is 0 Å². The van der Waals surface area contributed by atoms with Crippen molar-refractivity contribution in [3.05, 3.63) is 89.2 Å². The Morgan fingerprint density at radius 1 is 0.839 bits per heavy atom. The molecule has 0 fully saturated rings. The van der Waals surface area contributed by atoms with Crippen LogP contribution in [0.3, 0.4) is 0 Å². The van der Waals surface area contributed by atoms with Crippen LogP contribution in [0.4, 0.5) is 4.39 Å². The molecule has 0 radical (unpaired) electrons. The van der Waals surface area contributed by atoms with Crippen molar-refractivity contribution in [2.45, 2.75) is 0 Å². The van der Waals surface area contributed by atoms with Crippen molar-refractivity contribution in [2.75, 3.05) is 26.4 Å². The summed E-state index contributed by atoms with van der Waals surface area (Å²) in [7, 11) is 0. The Bertz CT molecular complexity index is 1090. The van der Waals surface area contributed by atoms with Crippen LogP contribution in [-0.4, -0.2) is 38.2 Å². The van der Waals surface area contributed by atoms with Crippen LogP contribution in [0.5, 0.6) is 17.2 Å². The molecule has 3 aromatic rings. The van der Waals surface area contributed by atoms with E-state index in [0.29, 0.717) is 36.0 Å². The van der Waals surface area contributed by atoms with Crippen LogP contribution in [0.15, 0.2) is 66.7 Å². The average Bonchev–Trinajstić information content (AvgIpc) is 2.82. The van der Waals surface area contributed by atoms with E-state index in [1.54, 1.807) is 36.4 Å². The second-order valence-corrected chi connectivity index (χ2v) is 6.67. The topological polar surface area (TPSA) is 71.1 Å². The molecule has 0 spiro atoms. The Balaban J connectivity index is 1.42. The lowest BCUT2D eigenvalue weighted by Gasteiger charge is -2.18. The molecule has 4 rings (SSSR count). The van der Waals surface area contributed by atoms with E-state index in [-0.39, 0.29) is 35.9 Å². The number of hydrogen-bond donors (Lipinski definition) is 0. The molecular weight excluding hydrogens is 403 g/mol. The minimum atomic E-state index is -0.635. The average molecular weight is 422 g/mol. The van der Waals surface area contributed by atoms with Gasteiger partial charge in [0, 0.05) is 11.1 Å². The summed E-state index contributed by atoms with van der Waals surface area (Å²) in [4.78, 5) is 25.6. The van der Waals surface area contributed by atoms with Crippen LogP contribution in [0, 0.1) is 5.82 Å². The molecule has 0 bridgehead atoms. The first-order chi connectivity index (χ1) is 15.1. The molecule has 0 aromatic heterocycles. The van der Waals surface area contributed by atoms with Gasteiger partial charge in [-0.15, -0.1) is 0 Å². The standard InChI is InChI=1S/C24H19FO6/c25-17-6-8-18(9-7-17)28-11-14-31-24(27)20-4-2-1-3-19(20)23(26)16-5-10-21-22(15-16)30-13-12-29-21/h1-10,15H,11-14H2. The fourth-order valence-electron chi connectivity index (χ4n) is 3.10. The summed E-state index contributed by atoms with van der Waals surface area (Å²) in [6.07, 6.45) is 0. The van der Waals surface area contributed by atoms with E-state index in [2.05, 4.69) is 0 Å². The van der Waals surface area contributed by atoms with Gasteiger partial charge in [-0.1, -0.05) is 18.2 Å². The normalized spacial score (nSPS) is 12.2. The molecular formula is C24H19FO6. The molecule has 1 aliphatic rings. The van der Waals surface area contributed by atoms with Gasteiger partial charge in [-0.2, -0.15) is 0 Å². The molecule has 3 aromatic carbocycles. The van der Waals surface area contributed by atoms with Gasteiger partial charge in [0.25, 0.3) is 0 Å². The number of esters is 1. The van der Waals surface area contributed by atoms with Crippen molar-refractivity contribution in [1.82, 2.24) is 0 Å². The molecule has 1 heterocycles. The summed E-state index contributed by atoms with van der Waals surface area (Å²) in [6, 6.07) is 16.9. The first-order valence-electron chi connectivity index (χ1n) is 9.71. The zero-order chi connectivity index (χ0) is 21.6. The summed E-state index contributed by atoms with van der Waals surface area (Å²) in [5.41, 5.74) is 0.761. The lowest BCUT2D eigenvalue weighted by molar-refractivity contribution is 0.0448. The van der Waals surface area contributed by atoms with Gasteiger partial charge in [-0.25, -0.2) is 9.18 Å². The lowest BCUT2D eigenvalue weighted by Crippen LogP contribution is -2.17. The summed E-state index contributed by atoms with van der Waals surface area (Å²) in [6.45, 7) is 0.936. The van der Waals surface area contributed by atoms with Crippen molar-refractivity contribution < 1.29 is 32.9 Å². The molecule has 7 heteroatoms. The molecule has 0 atom stereocenters. The third-order valence-corrected chi connectivity index (χ3v) is 4.59. The monoisotopic (exact) mass is 422 g/mol. The Morgan fingerprint density at radius 2 is 1.55 bits per heavy atom. The smallest absolute Gasteiger partial charge is 0.339 e. The molecule has 0 N–H and O–H groups in total. The van der Waals surface area contributed by atoms with E-state index >= 15 is 0 Å². The van der Waals surface area contributed by atoms with Crippen molar-refractivity contribution in [3.8, 4) is 17.2 Å². The van der Waals surface area contributed by atoms with Gasteiger partial charge in [0.2, 0.25) is 0 Å². The van der Waals surface area contributed by atoms with E-state index < -0.39 is 5.97 Å². The van der Waals surface area contributed by atoms with Crippen molar-refractivity contribution in [3.63, 3.8) is 0 Å². The molecule has 0 saturated heterocycles. The summed E-state index contributed by atoms with van der Waals surface area (Å²) in [5, 5.41) is 0. The maximum absolute atomic E-state index is 13.0. The number of hydrogen-bond acceptors (Lipinski definition) is 6. The predicted molar refractivity (Wildman–Crippen MR) is 109 cm³/mol. The molecule has 31 heavy (non-hydrogen) atoms. The Labute approximate surface area is 178 Å². The van der Waals surface area contributed by atoms with E-state index in [9.17, 15) is 14.0 Å². The third kappa shape index (κ3) is 4.83. The summed E-state index contributed by atoms with van der Waals surface area (Å²) >= 11 is 0. The van der Waals surface area contributed by atoms with Crippen LogP contribution in [0.1, 0.15) is 26.3 Å². The number of halogens is 1. The number of benzene rings is 3. The van der Waals surface area contributed by atoms with Gasteiger partial charge < -0.3 is 18.9 Å². The third-order valence-electron chi connectivity index (χ3n) is 4.59. The van der Waals surface area contributed by atoms with E-state index in [4.69, 9.17) is 18.9 Å². The van der Waals surface area contributed by atoms with Crippen molar-refractivity contribution >= 4 is 11.8 Å². The number of ether oxygens (including phenoxy) is 4. The maximum Gasteiger partial charge on any atom is 0.339 e. The highest BCUT2D eigenvalue weighted by Gasteiger charge is 2.21. The number of ketones is 1. The number of rotatable bonds is 7. The first-order valence-corrected chi connectivity index (χ1v) is 9.71. The SMILES string of the molecule is O=C(OCCOc1ccc(F)cc1)c1ccccc1C(=O)c1ccc2c(c1)OCCO2. The number of carbonyl (C=O) groups excluding carboxylic acids is 2. The summed E-state index contributed by atoms with van der Waals surface area (Å²) in [5.74, 6) is 0.215. The van der Waals surface area contributed by atoms with E-state index in [1.807, 2.05) is 0 Å². The molecule has 0 aliphatic carbocycles. The van der Waals surface area contributed by atoms with Gasteiger partial charge >= 0.3 is 5.97 Å². The molecule has 1 aliphatic heterocycles. The zero-order valence-corrected chi connectivity index (χ0v) is 16.5. The van der Waals surface area contributed by atoms with Crippen molar-refractivity contribution in [1.29, 1.82) is 0 Å². The van der Waals surface area contributed by atoms with E-state index in [0.717, 1.165) is 0 Å². The molecule has 0 amide bonds. The van der Waals surface area contributed by atoms with Gasteiger partial charge in [-0.05, 0) is 48.5 Å². The Kier molecular flexibility index (Phi) is 6.12. The van der Waals surface area contributed by atoms with E-state index in [1.165, 1.54) is 30.3 Å². The van der Waals surface area contributed by atoms with Gasteiger partial charge in [0.15, 0.2) is 17.3 Å². The minimum absolute atomic E-state index is 0.0250. The van der Waals surface area contributed by atoms with Gasteiger partial charge in [0.1, 0.15) is 38.0 Å². The predicted octanol–water partition coefficient (Wildman–Crippen LogP) is 4.06. The fraction of sp³-hybridized carbons (Fsp3) is 0.167. The second-order valence-electron chi connectivity index (χ2n) is 6.67. The minimum Gasteiger partial charge on any atom is -0.490 e. The highest BCUT2D eigenvalue weighted by atomic mass is 19.1. The highest BCUT2D eigenvalue weighted by Crippen LogP contribution is 2.31. The molecule has 0 saturated carbocycles. The Hall–Kier alpha value is -3.87. The number of fused-ring (bicyclic) bond motifs is 1. The van der Waals surface area contributed by atoms with Crippen LogP contribution in [0.25, 0.3) is 0 Å². The maximum atomic E-state index is 13.0. The largest absolute Gasteiger partial charge is 0.490 e. The first kappa shape index (κ1) is 20.4. The van der Waals surface area contributed by atoms with Crippen LogP contribution in [-0.2, 0) is 4.74 Å². The fourth-order valence-corrected chi connectivity index (χ4v) is 3.10. The lowest BCUT2D eigenvalue weighted by atomic mass is 9.98. The molecule has 158 valence electrons. The van der Waals surface area contributed by atoms with Gasteiger partial charge in [0.05, 0.1) is 5.56 Å². The second kappa shape index (κ2) is 9.30. The summed E-state index contributed by atoms with van der Waals surface area (Å²) < 4.78 is 34.6. The molecule has 6 nitrogen and oxygen atoms in total.